The van der Waals surface area contributed by atoms with Gasteiger partial charge >= 0.3 is 0 Å². The molecule has 0 saturated heterocycles. The van der Waals surface area contributed by atoms with Crippen LogP contribution >= 0.6 is 22.9 Å². The molecule has 2 heterocycles. The van der Waals surface area contributed by atoms with Crippen LogP contribution in [0.3, 0.4) is 0 Å². The number of nitrogens with two attached hydrogens (primary N) is 1. The van der Waals surface area contributed by atoms with Crippen molar-refractivity contribution in [2.75, 3.05) is 12.3 Å². The number of hydrogen-bond donors (Lipinski definition) is 2. The molecule has 0 spiro atoms. The fraction of sp³-hybridized carbons (Fsp3) is 0.250. The van der Waals surface area contributed by atoms with Crippen LogP contribution in [0, 0.1) is 0 Å². The van der Waals surface area contributed by atoms with Crippen LogP contribution in [0.25, 0.3) is 11.0 Å². The fourth-order valence-electron chi connectivity index (χ4n) is 1.48. The smallest absolute Gasteiger partial charge is 0.247 e. The zero-order chi connectivity index (χ0) is 10.1. The molecule has 2 aromatic rings. The van der Waals surface area contributed by atoms with Gasteiger partial charge in [-0.25, -0.2) is 7.76 Å². The number of rotatable bonds is 2. The summed E-state index contributed by atoms with van der Waals surface area (Å²) in [5, 5.41) is 9.80. The van der Waals surface area contributed by atoms with Gasteiger partial charge in [0.25, 0.3) is 0 Å². The lowest BCUT2D eigenvalue weighted by atomic mass is 10.2. The van der Waals surface area contributed by atoms with Crippen LogP contribution in [0.15, 0.2) is 12.5 Å². The number of nitrogen functional groups attached to an aromatic ring is 1. The first-order valence-electron chi connectivity index (χ1n) is 4.17. The first-order chi connectivity index (χ1) is 6.74. The Morgan fingerprint density at radius 3 is 3.14 bits per heavy atom. The Hall–Kier alpha value is -0.890. The summed E-state index contributed by atoms with van der Waals surface area (Å²) in [6.45, 7) is 0.115. The molecule has 14 heavy (non-hydrogen) atoms. The summed E-state index contributed by atoms with van der Waals surface area (Å²) >= 11 is 2.16. The molecular formula is C8H10IN4O+. The van der Waals surface area contributed by atoms with Gasteiger partial charge in [-0.1, -0.05) is 4.98 Å². The van der Waals surface area contributed by atoms with Gasteiger partial charge in [-0.2, -0.15) is 0 Å². The molecule has 0 aliphatic rings. The summed E-state index contributed by atoms with van der Waals surface area (Å²) in [5.41, 5.74) is 7.70. The average Bonchev–Trinajstić information content (AvgIpc) is 2.46. The highest BCUT2D eigenvalue weighted by molar-refractivity contribution is 14.1. The number of aliphatic hydroxyl groups excluding tert-OH is 1. The van der Waals surface area contributed by atoms with Gasteiger partial charge in [-0.05, 0) is 6.42 Å². The maximum absolute atomic E-state index is 8.90. The highest BCUT2D eigenvalue weighted by Crippen LogP contribution is 2.23. The van der Waals surface area contributed by atoms with E-state index in [1.54, 1.807) is 6.33 Å². The molecule has 4 N–H and O–H groups in total. The van der Waals surface area contributed by atoms with E-state index in [2.05, 4.69) is 32.8 Å². The van der Waals surface area contributed by atoms with Crippen molar-refractivity contribution in [1.82, 2.24) is 7.76 Å². The van der Waals surface area contributed by atoms with Crippen LogP contribution < -0.4 is 10.7 Å². The van der Waals surface area contributed by atoms with Crippen LogP contribution in [-0.2, 0) is 6.42 Å². The monoisotopic (exact) mass is 305 g/mol. The van der Waals surface area contributed by atoms with Crippen molar-refractivity contribution in [1.29, 1.82) is 0 Å². The Balaban J connectivity index is 2.72. The van der Waals surface area contributed by atoms with E-state index < -0.39 is 0 Å². The second-order valence-corrected chi connectivity index (χ2v) is 3.99. The maximum Gasteiger partial charge on any atom is 0.247 e. The van der Waals surface area contributed by atoms with Crippen molar-refractivity contribution in [2.24, 2.45) is 0 Å². The maximum atomic E-state index is 8.90. The summed E-state index contributed by atoms with van der Waals surface area (Å²) in [4.78, 5) is 7.01. The number of anilines is 1. The highest BCUT2D eigenvalue weighted by Gasteiger charge is 2.16. The molecule has 2 rings (SSSR count). The SMILES string of the molecule is Nc1nc[nH+]c2c1c(CCO)cn2I. The fourth-order valence-corrected chi connectivity index (χ4v) is 2.20. The van der Waals surface area contributed by atoms with Gasteiger partial charge in [-0.15, -0.1) is 0 Å². The summed E-state index contributed by atoms with van der Waals surface area (Å²) in [6, 6.07) is 0. The van der Waals surface area contributed by atoms with E-state index >= 15 is 0 Å². The molecule has 0 radical (unpaired) electrons. The van der Waals surface area contributed by atoms with Crippen molar-refractivity contribution in [3.63, 3.8) is 0 Å². The number of H-pyrrole nitrogens is 1. The molecule has 0 atom stereocenters. The van der Waals surface area contributed by atoms with Crippen LogP contribution in [-0.4, -0.2) is 19.5 Å². The lowest BCUT2D eigenvalue weighted by Crippen LogP contribution is -2.08. The lowest BCUT2D eigenvalue weighted by Gasteiger charge is -1.93. The molecule has 0 unspecified atom stereocenters. The predicted molar refractivity (Wildman–Crippen MR) is 60.9 cm³/mol. The molecule has 5 nitrogen and oxygen atoms in total. The topological polar surface area (TPSA) is 78.2 Å². The van der Waals surface area contributed by atoms with Gasteiger partial charge in [0.15, 0.2) is 22.9 Å². The lowest BCUT2D eigenvalue weighted by molar-refractivity contribution is -0.352. The third-order valence-corrected chi connectivity index (χ3v) is 2.84. The Morgan fingerprint density at radius 1 is 1.64 bits per heavy atom. The molecule has 0 aliphatic carbocycles. The Kier molecular flexibility index (Phi) is 2.55. The quantitative estimate of drug-likeness (QED) is 0.776. The van der Waals surface area contributed by atoms with E-state index in [1.807, 2.05) is 8.98 Å². The standard InChI is InChI=1S/C8H9IN4O/c9-13-3-5(1-2-14)6-7(10)11-4-12-8(6)13/h3-4,14H,1-2H2,(H2,10,11,12)/p+1. The molecule has 0 bridgehead atoms. The molecule has 0 amide bonds. The predicted octanol–water partition coefficient (Wildman–Crippen LogP) is 0.166. The van der Waals surface area contributed by atoms with E-state index in [0.29, 0.717) is 12.2 Å². The first-order valence-corrected chi connectivity index (χ1v) is 5.13. The van der Waals surface area contributed by atoms with Crippen molar-refractivity contribution < 1.29 is 10.1 Å². The number of nitrogens with zero attached hydrogens (tertiary/aromatic N) is 2. The molecule has 0 aliphatic heterocycles. The van der Waals surface area contributed by atoms with Crippen molar-refractivity contribution in [3.8, 4) is 0 Å². The van der Waals surface area contributed by atoms with Gasteiger partial charge in [0.2, 0.25) is 17.8 Å². The Labute approximate surface area is 94.5 Å². The van der Waals surface area contributed by atoms with Gasteiger partial charge in [0.1, 0.15) is 5.39 Å². The summed E-state index contributed by atoms with van der Waals surface area (Å²) in [5.74, 6) is 0.498. The van der Waals surface area contributed by atoms with Crippen molar-refractivity contribution >= 4 is 39.7 Å². The van der Waals surface area contributed by atoms with E-state index in [4.69, 9.17) is 10.8 Å². The number of fused-ring (bicyclic) bond motifs is 1. The zero-order valence-electron chi connectivity index (χ0n) is 7.37. The van der Waals surface area contributed by atoms with Gasteiger partial charge in [-0.3, -0.25) is 0 Å². The normalized spacial score (nSPS) is 11.0. The van der Waals surface area contributed by atoms with E-state index in [1.165, 1.54) is 0 Å². The highest BCUT2D eigenvalue weighted by atomic mass is 127. The molecule has 2 aromatic heterocycles. The van der Waals surface area contributed by atoms with Crippen LogP contribution in [0.1, 0.15) is 5.56 Å². The molecule has 74 valence electrons. The van der Waals surface area contributed by atoms with Crippen LogP contribution in [0.2, 0.25) is 0 Å². The second-order valence-electron chi connectivity index (χ2n) is 2.95. The number of hydrogen-bond acceptors (Lipinski definition) is 3. The van der Waals surface area contributed by atoms with E-state index in [9.17, 15) is 0 Å². The number of aliphatic hydroxyl groups is 1. The minimum Gasteiger partial charge on any atom is -0.396 e. The molecule has 0 aromatic carbocycles. The third-order valence-electron chi connectivity index (χ3n) is 2.08. The number of nitrogens with one attached hydrogen (secondary N) is 1. The van der Waals surface area contributed by atoms with Gasteiger partial charge in [0.05, 0.1) is 6.20 Å². The Bertz CT molecular complexity index is 468. The summed E-state index contributed by atoms with van der Waals surface area (Å²) < 4.78 is 1.91. The van der Waals surface area contributed by atoms with Gasteiger partial charge in [0, 0.05) is 12.2 Å². The Morgan fingerprint density at radius 2 is 2.43 bits per heavy atom. The number of aromatic nitrogens is 3. The second kappa shape index (κ2) is 3.70. The summed E-state index contributed by atoms with van der Waals surface area (Å²) in [7, 11) is 0. The number of aromatic amines is 1. The first kappa shape index (κ1) is 9.66. The molecule has 0 saturated carbocycles. The van der Waals surface area contributed by atoms with E-state index in [0.717, 1.165) is 16.6 Å². The van der Waals surface area contributed by atoms with Crippen molar-refractivity contribution in [2.45, 2.75) is 6.42 Å². The third kappa shape index (κ3) is 1.44. The van der Waals surface area contributed by atoms with Crippen LogP contribution in [0.5, 0.6) is 0 Å². The molecular weight excluding hydrogens is 295 g/mol. The number of halogens is 1. The van der Waals surface area contributed by atoms with Gasteiger partial charge < -0.3 is 10.8 Å². The average molecular weight is 305 g/mol. The van der Waals surface area contributed by atoms with Crippen LogP contribution in [0.4, 0.5) is 5.82 Å². The van der Waals surface area contributed by atoms with E-state index in [-0.39, 0.29) is 6.61 Å². The minimum absolute atomic E-state index is 0.115. The summed E-state index contributed by atoms with van der Waals surface area (Å²) in [6.07, 6.45) is 4.10. The largest absolute Gasteiger partial charge is 0.396 e. The zero-order valence-corrected chi connectivity index (χ0v) is 9.52. The minimum atomic E-state index is 0.115. The van der Waals surface area contributed by atoms with Crippen molar-refractivity contribution in [3.05, 3.63) is 18.1 Å². The molecule has 0 fully saturated rings. The molecule has 6 heteroatoms.